The zero-order chi connectivity index (χ0) is 34.6. The van der Waals surface area contributed by atoms with Gasteiger partial charge >= 0.3 is 6.03 Å². The standard InChI is InChI=1S/C32H46Cl2N6O6/c1-8-12-20(24(42)27(44)36-16-21(41)35-15-18-13-10-9-11-14-18)37-26(43)23-22-19(32(22,33)34)17-40(23)28(45)25(30(2,3)4)38-29(46)39-31(5,6)7/h9-11,13-14,19-20,22-23,25H,8,12,15-17H2,1-7H3,(H,35,41)(H,36,44)(H,37,43)(H2,38,39,46)/t19-,20-,22-,23-,25+/m0/s1. The number of fused-ring (bicyclic) bond motifs is 1. The molecule has 3 rings (SSSR count). The summed E-state index contributed by atoms with van der Waals surface area (Å²) in [7, 11) is 0. The average molecular weight is 682 g/mol. The predicted octanol–water partition coefficient (Wildman–Crippen LogP) is 2.42. The van der Waals surface area contributed by atoms with Crippen molar-refractivity contribution in [1.82, 2.24) is 31.5 Å². The van der Waals surface area contributed by atoms with Gasteiger partial charge in [0, 0.05) is 30.5 Å². The Bertz CT molecular complexity index is 1330. The summed E-state index contributed by atoms with van der Waals surface area (Å²) in [5.74, 6) is -4.61. The molecule has 1 aliphatic heterocycles. The Morgan fingerprint density at radius 2 is 1.59 bits per heavy atom. The Balaban J connectivity index is 1.70. The number of carbonyl (C=O) groups is 6. The van der Waals surface area contributed by atoms with Crippen LogP contribution < -0.4 is 26.6 Å². The molecule has 6 amide bonds. The molecule has 0 bridgehead atoms. The lowest BCUT2D eigenvalue weighted by atomic mass is 9.85. The summed E-state index contributed by atoms with van der Waals surface area (Å²) in [6, 6.07) is 5.30. The maximum Gasteiger partial charge on any atom is 0.315 e. The molecule has 2 aliphatic rings. The van der Waals surface area contributed by atoms with Gasteiger partial charge < -0.3 is 31.5 Å². The van der Waals surface area contributed by atoms with E-state index in [1.807, 2.05) is 51.1 Å². The quantitative estimate of drug-likeness (QED) is 0.168. The molecule has 1 aromatic carbocycles. The first-order valence-corrected chi connectivity index (χ1v) is 16.2. The largest absolute Gasteiger partial charge is 0.350 e. The lowest BCUT2D eigenvalue weighted by Gasteiger charge is -2.38. The first kappa shape index (κ1) is 37.1. The van der Waals surface area contributed by atoms with Gasteiger partial charge in [-0.25, -0.2) is 4.79 Å². The van der Waals surface area contributed by atoms with E-state index in [4.69, 9.17) is 23.2 Å². The molecule has 1 saturated carbocycles. The number of carbonyl (C=O) groups excluding carboxylic acids is 6. The fraction of sp³-hybridized carbons (Fsp3) is 0.625. The van der Waals surface area contributed by atoms with Crippen molar-refractivity contribution in [1.29, 1.82) is 0 Å². The second-order valence-electron chi connectivity index (χ2n) is 14.0. The summed E-state index contributed by atoms with van der Waals surface area (Å²) in [6.45, 7) is 12.5. The van der Waals surface area contributed by atoms with Gasteiger partial charge in [0.2, 0.25) is 23.5 Å². The highest BCUT2D eigenvalue weighted by molar-refractivity contribution is 6.51. The molecule has 1 aromatic rings. The second-order valence-corrected chi connectivity index (χ2v) is 15.5. The highest BCUT2D eigenvalue weighted by atomic mass is 35.5. The number of nitrogens with one attached hydrogen (secondary N) is 5. The molecular formula is C32H46Cl2N6O6. The summed E-state index contributed by atoms with van der Waals surface area (Å²) in [5.41, 5.74) is -0.411. The maximum atomic E-state index is 14.0. The molecule has 0 aromatic heterocycles. The van der Waals surface area contributed by atoms with E-state index in [0.717, 1.165) is 5.56 Å². The van der Waals surface area contributed by atoms with Gasteiger partial charge in [-0.15, -0.1) is 23.2 Å². The van der Waals surface area contributed by atoms with Gasteiger partial charge in [0.15, 0.2) is 0 Å². The molecule has 5 N–H and O–H groups in total. The van der Waals surface area contributed by atoms with Crippen molar-refractivity contribution < 1.29 is 28.8 Å². The number of ketones is 1. The van der Waals surface area contributed by atoms with Crippen LogP contribution in [0, 0.1) is 17.3 Å². The van der Waals surface area contributed by atoms with E-state index in [1.165, 1.54) is 4.90 Å². The average Bonchev–Trinajstić information content (AvgIpc) is 3.27. The smallest absolute Gasteiger partial charge is 0.315 e. The van der Waals surface area contributed by atoms with E-state index in [0.29, 0.717) is 6.42 Å². The Labute approximate surface area is 280 Å². The molecule has 2 fully saturated rings. The van der Waals surface area contributed by atoms with Gasteiger partial charge in [0.25, 0.3) is 5.91 Å². The molecular weight excluding hydrogens is 635 g/mol. The van der Waals surface area contributed by atoms with Gasteiger partial charge in [-0.3, -0.25) is 24.0 Å². The number of nitrogens with zero attached hydrogens (tertiary/aromatic N) is 1. The lowest BCUT2D eigenvalue weighted by molar-refractivity contribution is -0.144. The molecule has 1 aliphatic carbocycles. The summed E-state index contributed by atoms with van der Waals surface area (Å²) in [5, 5.41) is 13.2. The number of piperidine rings is 1. The SMILES string of the molecule is CCC[C@H](NC(=O)[C@@H]1[C@@H]2[C@H](CN1C(=O)[C@@H](NC(=O)NC(C)(C)C)C(C)(C)C)C2(Cl)Cl)C(=O)C(=O)NCC(=O)NCc1ccccc1. The number of hydrogen-bond donors (Lipinski definition) is 5. The molecule has 0 spiro atoms. The minimum atomic E-state index is -1.25. The Morgan fingerprint density at radius 3 is 2.15 bits per heavy atom. The molecule has 14 heteroatoms. The van der Waals surface area contributed by atoms with Crippen LogP contribution in [-0.2, 0) is 30.5 Å². The molecule has 1 saturated heterocycles. The molecule has 12 nitrogen and oxygen atoms in total. The topological polar surface area (TPSA) is 166 Å². The van der Waals surface area contributed by atoms with Crippen molar-refractivity contribution >= 4 is 58.6 Å². The normalized spacial score (nSPS) is 21.2. The lowest BCUT2D eigenvalue weighted by Crippen LogP contribution is -2.62. The van der Waals surface area contributed by atoms with Gasteiger partial charge in [-0.05, 0) is 38.2 Å². The van der Waals surface area contributed by atoms with Gasteiger partial charge in [0.05, 0.1) is 12.6 Å². The number of likely N-dealkylation sites (tertiary alicyclic amines) is 1. The molecule has 1 heterocycles. The first-order valence-electron chi connectivity index (χ1n) is 15.5. The van der Waals surface area contributed by atoms with Crippen LogP contribution in [0.3, 0.4) is 0 Å². The van der Waals surface area contributed by atoms with Crippen LogP contribution in [0.5, 0.6) is 0 Å². The third-order valence-corrected chi connectivity index (χ3v) is 9.00. The van der Waals surface area contributed by atoms with Crippen LogP contribution in [0.4, 0.5) is 4.79 Å². The fourth-order valence-electron chi connectivity index (χ4n) is 5.54. The number of halogens is 2. The van der Waals surface area contributed by atoms with Crippen LogP contribution in [0.2, 0.25) is 0 Å². The van der Waals surface area contributed by atoms with Crippen LogP contribution in [0.25, 0.3) is 0 Å². The first-order chi connectivity index (χ1) is 21.3. The maximum absolute atomic E-state index is 14.0. The van der Waals surface area contributed by atoms with Crippen molar-refractivity contribution in [3.05, 3.63) is 35.9 Å². The van der Waals surface area contributed by atoms with E-state index in [2.05, 4.69) is 26.6 Å². The van der Waals surface area contributed by atoms with E-state index in [9.17, 15) is 28.8 Å². The van der Waals surface area contributed by atoms with Crippen molar-refractivity contribution in [2.45, 2.75) is 95.9 Å². The van der Waals surface area contributed by atoms with Gasteiger partial charge in [0.1, 0.15) is 16.4 Å². The zero-order valence-electron chi connectivity index (χ0n) is 27.5. The zero-order valence-corrected chi connectivity index (χ0v) is 29.0. The number of benzene rings is 1. The number of rotatable bonds is 12. The molecule has 5 atom stereocenters. The Hall–Kier alpha value is -3.38. The number of urea groups is 1. The number of hydrogen-bond acceptors (Lipinski definition) is 6. The van der Waals surface area contributed by atoms with Crippen LogP contribution in [-0.4, -0.2) is 81.4 Å². The van der Waals surface area contributed by atoms with Crippen molar-refractivity contribution in [2.75, 3.05) is 13.1 Å². The van der Waals surface area contributed by atoms with E-state index in [1.54, 1.807) is 27.7 Å². The molecule has 0 radical (unpaired) electrons. The van der Waals surface area contributed by atoms with Crippen molar-refractivity contribution in [2.24, 2.45) is 17.3 Å². The third kappa shape index (κ3) is 9.34. The monoisotopic (exact) mass is 680 g/mol. The van der Waals surface area contributed by atoms with Gasteiger partial charge in [-0.1, -0.05) is 64.4 Å². The number of Topliss-reactive ketones (excluding diaryl/α,β-unsaturated/α-hetero) is 1. The van der Waals surface area contributed by atoms with E-state index < -0.39 is 87.2 Å². The van der Waals surface area contributed by atoms with Gasteiger partial charge in [-0.2, -0.15) is 0 Å². The van der Waals surface area contributed by atoms with E-state index >= 15 is 0 Å². The summed E-state index contributed by atoms with van der Waals surface area (Å²) >= 11 is 13.0. The molecule has 254 valence electrons. The molecule has 46 heavy (non-hydrogen) atoms. The number of amides is 6. The molecule has 0 unspecified atom stereocenters. The fourth-order valence-corrected chi connectivity index (χ4v) is 6.36. The van der Waals surface area contributed by atoms with Crippen molar-refractivity contribution in [3.8, 4) is 0 Å². The summed E-state index contributed by atoms with van der Waals surface area (Å²) in [6.07, 6.45) is 0.591. The summed E-state index contributed by atoms with van der Waals surface area (Å²) in [4.78, 5) is 80.0. The minimum Gasteiger partial charge on any atom is -0.350 e. The highest BCUT2D eigenvalue weighted by Gasteiger charge is 2.74. The highest BCUT2D eigenvalue weighted by Crippen LogP contribution is 2.65. The second kappa shape index (κ2) is 14.6. The van der Waals surface area contributed by atoms with Crippen molar-refractivity contribution in [3.63, 3.8) is 0 Å². The Kier molecular flexibility index (Phi) is 11.8. The van der Waals surface area contributed by atoms with Crippen LogP contribution in [0.1, 0.15) is 66.9 Å². The minimum absolute atomic E-state index is 0.0781. The predicted molar refractivity (Wildman–Crippen MR) is 175 cm³/mol. The summed E-state index contributed by atoms with van der Waals surface area (Å²) < 4.78 is -1.25. The van der Waals surface area contributed by atoms with Crippen LogP contribution in [0.15, 0.2) is 30.3 Å². The third-order valence-electron chi connectivity index (χ3n) is 7.94. The Morgan fingerprint density at radius 1 is 0.957 bits per heavy atom. The van der Waals surface area contributed by atoms with E-state index in [-0.39, 0.29) is 19.5 Å². The number of alkyl halides is 2. The van der Waals surface area contributed by atoms with Crippen LogP contribution >= 0.6 is 23.2 Å².